The first-order chi connectivity index (χ1) is 9.47. The minimum Gasteiger partial charge on any atom is -0.373 e. The van der Waals surface area contributed by atoms with Gasteiger partial charge in [-0.3, -0.25) is 10.1 Å². The molecule has 20 heavy (non-hydrogen) atoms. The van der Waals surface area contributed by atoms with Crippen molar-refractivity contribution >= 4 is 33.6 Å². The van der Waals surface area contributed by atoms with E-state index in [1.165, 1.54) is 0 Å². The van der Waals surface area contributed by atoms with Crippen LogP contribution in [0.4, 0.5) is 10.5 Å². The third-order valence-electron chi connectivity index (χ3n) is 2.44. The molecule has 0 aliphatic rings. The van der Waals surface area contributed by atoms with Crippen LogP contribution in [0.2, 0.25) is 0 Å². The van der Waals surface area contributed by atoms with E-state index >= 15 is 0 Å². The maximum atomic E-state index is 11.8. The monoisotopic (exact) mass is 338 g/mol. The summed E-state index contributed by atoms with van der Waals surface area (Å²) in [5, 5.41) is 16.6. The van der Waals surface area contributed by atoms with Crippen molar-refractivity contribution in [3.05, 3.63) is 28.2 Å². The molecule has 0 radical (unpaired) electrons. The first-order valence-corrected chi connectivity index (χ1v) is 6.82. The summed E-state index contributed by atoms with van der Waals surface area (Å²) in [6, 6.07) is 5.96. The van der Waals surface area contributed by atoms with Gasteiger partial charge < -0.3 is 10.6 Å². The van der Waals surface area contributed by atoms with Crippen molar-refractivity contribution in [2.24, 2.45) is 0 Å². The number of hydrogen-bond acceptors (Lipinski definition) is 4. The van der Waals surface area contributed by atoms with Crippen molar-refractivity contribution in [2.75, 3.05) is 11.9 Å². The molecule has 0 saturated heterocycles. The highest BCUT2D eigenvalue weighted by atomic mass is 79.9. The van der Waals surface area contributed by atoms with E-state index < -0.39 is 18.0 Å². The normalized spacial score (nSPS) is 11.1. The average Bonchev–Trinajstić information content (AvgIpc) is 2.40. The number of halogens is 1. The van der Waals surface area contributed by atoms with Crippen molar-refractivity contribution in [1.82, 2.24) is 10.6 Å². The molecular formula is C13H15BrN4O2. The lowest BCUT2D eigenvalue weighted by molar-refractivity contribution is -0.120. The molecule has 106 valence electrons. The molecule has 1 aromatic rings. The number of nitrogens with zero attached hydrogens (tertiary/aromatic N) is 1. The van der Waals surface area contributed by atoms with Gasteiger partial charge in [-0.05, 0) is 32.0 Å². The van der Waals surface area contributed by atoms with E-state index in [-0.39, 0.29) is 0 Å². The molecule has 0 aromatic heterocycles. The van der Waals surface area contributed by atoms with Crippen LogP contribution < -0.4 is 16.0 Å². The standard InChI is InChI=1S/C13H15BrN4O2/c1-3-16-13(20)18-12(19)8(2)17-11-5-4-10(14)6-9(11)7-15/h4-6,8,17H,3H2,1-2H3,(H2,16,18,19,20). The Morgan fingerprint density at radius 1 is 1.45 bits per heavy atom. The number of nitrogens with one attached hydrogen (secondary N) is 3. The molecule has 3 N–H and O–H groups in total. The van der Waals surface area contributed by atoms with E-state index in [4.69, 9.17) is 5.26 Å². The Morgan fingerprint density at radius 2 is 2.15 bits per heavy atom. The Bertz CT molecular complexity index is 554. The fraction of sp³-hybridized carbons (Fsp3) is 0.308. The summed E-state index contributed by atoms with van der Waals surface area (Å²) in [7, 11) is 0. The summed E-state index contributed by atoms with van der Waals surface area (Å²) in [4.78, 5) is 23.0. The van der Waals surface area contributed by atoms with Crippen LogP contribution in [0, 0.1) is 11.3 Å². The lowest BCUT2D eigenvalue weighted by Crippen LogP contribution is -2.45. The molecule has 1 unspecified atom stereocenters. The molecule has 0 bridgehead atoms. The van der Waals surface area contributed by atoms with Crippen LogP contribution in [0.1, 0.15) is 19.4 Å². The molecule has 0 aliphatic carbocycles. The van der Waals surface area contributed by atoms with Gasteiger partial charge in [0.2, 0.25) is 5.91 Å². The second-order valence-corrected chi connectivity index (χ2v) is 4.93. The number of hydrogen-bond donors (Lipinski definition) is 3. The minimum absolute atomic E-state index is 0.414. The van der Waals surface area contributed by atoms with Crippen molar-refractivity contribution in [3.63, 3.8) is 0 Å². The van der Waals surface area contributed by atoms with Gasteiger partial charge in [0.25, 0.3) is 0 Å². The second-order valence-electron chi connectivity index (χ2n) is 4.02. The van der Waals surface area contributed by atoms with E-state index in [2.05, 4.69) is 31.9 Å². The van der Waals surface area contributed by atoms with Gasteiger partial charge in [0, 0.05) is 11.0 Å². The molecule has 0 spiro atoms. The van der Waals surface area contributed by atoms with E-state index in [1.807, 2.05) is 6.07 Å². The number of nitriles is 1. The number of imide groups is 1. The number of carbonyl (C=O) groups excluding carboxylic acids is 2. The zero-order chi connectivity index (χ0) is 15.1. The largest absolute Gasteiger partial charge is 0.373 e. The van der Waals surface area contributed by atoms with E-state index in [0.717, 1.165) is 4.47 Å². The minimum atomic E-state index is -0.647. The summed E-state index contributed by atoms with van der Waals surface area (Å²) in [6.07, 6.45) is 0. The smallest absolute Gasteiger partial charge is 0.321 e. The van der Waals surface area contributed by atoms with E-state index in [1.54, 1.807) is 32.0 Å². The summed E-state index contributed by atoms with van der Waals surface area (Å²) in [5.41, 5.74) is 0.950. The molecule has 7 heteroatoms. The molecule has 0 aliphatic heterocycles. The first kappa shape index (κ1) is 16.0. The second kappa shape index (κ2) is 7.50. The Kier molecular flexibility index (Phi) is 6.00. The highest BCUT2D eigenvalue weighted by Gasteiger charge is 2.16. The van der Waals surface area contributed by atoms with Crippen molar-refractivity contribution in [3.8, 4) is 6.07 Å². The van der Waals surface area contributed by atoms with Crippen LogP contribution in [-0.4, -0.2) is 24.5 Å². The lowest BCUT2D eigenvalue weighted by atomic mass is 10.1. The van der Waals surface area contributed by atoms with Gasteiger partial charge in [-0.25, -0.2) is 4.79 Å². The first-order valence-electron chi connectivity index (χ1n) is 6.02. The Hall–Kier alpha value is -2.07. The molecule has 3 amide bonds. The van der Waals surface area contributed by atoms with Gasteiger partial charge in [0.15, 0.2) is 0 Å². The third-order valence-corrected chi connectivity index (χ3v) is 2.93. The fourth-order valence-electron chi connectivity index (χ4n) is 1.46. The number of urea groups is 1. The summed E-state index contributed by atoms with van der Waals surface area (Å²) >= 11 is 3.27. The van der Waals surface area contributed by atoms with Crippen molar-refractivity contribution in [1.29, 1.82) is 5.26 Å². The number of carbonyl (C=O) groups is 2. The number of benzene rings is 1. The summed E-state index contributed by atoms with van der Waals surface area (Å²) in [5.74, 6) is -0.470. The van der Waals surface area contributed by atoms with E-state index in [9.17, 15) is 9.59 Å². The fourth-order valence-corrected chi connectivity index (χ4v) is 1.82. The van der Waals surface area contributed by atoms with Gasteiger partial charge >= 0.3 is 6.03 Å². The quantitative estimate of drug-likeness (QED) is 0.782. The Balaban J connectivity index is 2.71. The average molecular weight is 339 g/mol. The summed E-state index contributed by atoms with van der Waals surface area (Å²) < 4.78 is 0.777. The molecule has 1 atom stereocenters. The molecule has 6 nitrogen and oxygen atoms in total. The van der Waals surface area contributed by atoms with Crippen LogP contribution in [0.3, 0.4) is 0 Å². The van der Waals surface area contributed by atoms with Crippen LogP contribution in [-0.2, 0) is 4.79 Å². The van der Waals surface area contributed by atoms with Gasteiger partial charge in [-0.2, -0.15) is 5.26 Å². The number of amides is 3. The zero-order valence-corrected chi connectivity index (χ0v) is 12.7. The highest BCUT2D eigenvalue weighted by Crippen LogP contribution is 2.20. The number of anilines is 1. The zero-order valence-electron chi connectivity index (χ0n) is 11.2. The van der Waals surface area contributed by atoms with Crippen molar-refractivity contribution < 1.29 is 9.59 Å². The maximum Gasteiger partial charge on any atom is 0.321 e. The summed E-state index contributed by atoms with van der Waals surface area (Å²) in [6.45, 7) is 3.80. The van der Waals surface area contributed by atoms with E-state index in [0.29, 0.717) is 17.8 Å². The molecule has 0 saturated carbocycles. The van der Waals surface area contributed by atoms with Crippen LogP contribution in [0.5, 0.6) is 0 Å². The predicted octanol–water partition coefficient (Wildman–Crippen LogP) is 1.97. The maximum absolute atomic E-state index is 11.8. The Morgan fingerprint density at radius 3 is 2.75 bits per heavy atom. The molecule has 1 rings (SSSR count). The van der Waals surface area contributed by atoms with Gasteiger partial charge in [-0.15, -0.1) is 0 Å². The third kappa shape index (κ3) is 4.55. The molecule has 0 fully saturated rings. The number of rotatable bonds is 4. The highest BCUT2D eigenvalue weighted by molar-refractivity contribution is 9.10. The van der Waals surface area contributed by atoms with Crippen molar-refractivity contribution in [2.45, 2.75) is 19.9 Å². The van der Waals surface area contributed by atoms with Crippen LogP contribution in [0.25, 0.3) is 0 Å². The molecule has 0 heterocycles. The Labute approximate surface area is 125 Å². The predicted molar refractivity (Wildman–Crippen MR) is 79.2 cm³/mol. The van der Waals surface area contributed by atoms with Gasteiger partial charge in [0.05, 0.1) is 11.3 Å². The van der Waals surface area contributed by atoms with Crippen LogP contribution >= 0.6 is 15.9 Å². The lowest BCUT2D eigenvalue weighted by Gasteiger charge is -2.15. The van der Waals surface area contributed by atoms with Gasteiger partial charge in [-0.1, -0.05) is 15.9 Å². The SMILES string of the molecule is CCNC(=O)NC(=O)C(C)Nc1ccc(Br)cc1C#N. The topological polar surface area (TPSA) is 94.0 Å². The van der Waals surface area contributed by atoms with Crippen LogP contribution in [0.15, 0.2) is 22.7 Å². The van der Waals surface area contributed by atoms with Gasteiger partial charge in [0.1, 0.15) is 12.1 Å². The molecular weight excluding hydrogens is 324 g/mol. The molecule has 1 aromatic carbocycles.